The summed E-state index contributed by atoms with van der Waals surface area (Å²) in [5.41, 5.74) is 0.414. The van der Waals surface area contributed by atoms with Crippen molar-refractivity contribution in [2.75, 3.05) is 27.3 Å². The number of imidazole rings is 1. The topological polar surface area (TPSA) is 63.5 Å². The number of aliphatic imine (C=N–C) groups is 1. The minimum absolute atomic E-state index is 0.414. The summed E-state index contributed by atoms with van der Waals surface area (Å²) < 4.78 is 7.18. The smallest absolute Gasteiger partial charge is 0.191 e. The van der Waals surface area contributed by atoms with Crippen LogP contribution >= 0.6 is 0 Å². The van der Waals surface area contributed by atoms with Gasteiger partial charge in [0.1, 0.15) is 5.82 Å². The van der Waals surface area contributed by atoms with Crippen molar-refractivity contribution in [3.63, 3.8) is 0 Å². The number of guanidine groups is 1. The molecule has 112 valence electrons. The molecule has 0 atom stereocenters. The molecular formula is C14H25N5O. The second-order valence-electron chi connectivity index (χ2n) is 5.48. The number of hydrogen-bond donors (Lipinski definition) is 2. The summed E-state index contributed by atoms with van der Waals surface area (Å²) in [5, 5.41) is 6.70. The molecule has 0 amide bonds. The van der Waals surface area contributed by atoms with Gasteiger partial charge in [-0.15, -0.1) is 0 Å². The number of nitrogens with zero attached hydrogens (tertiary/aromatic N) is 3. The summed E-state index contributed by atoms with van der Waals surface area (Å²) in [4.78, 5) is 8.54. The molecule has 1 aliphatic carbocycles. The molecule has 0 radical (unpaired) electrons. The number of nitrogens with one attached hydrogen (secondary N) is 2. The van der Waals surface area contributed by atoms with Gasteiger partial charge in [-0.3, -0.25) is 4.99 Å². The molecule has 2 rings (SSSR count). The molecule has 1 aromatic rings. The fourth-order valence-electron chi connectivity index (χ4n) is 2.23. The number of aromatic nitrogens is 2. The van der Waals surface area contributed by atoms with Crippen molar-refractivity contribution < 1.29 is 4.74 Å². The van der Waals surface area contributed by atoms with Crippen LogP contribution in [0.1, 0.15) is 25.1 Å². The van der Waals surface area contributed by atoms with Gasteiger partial charge >= 0.3 is 0 Å². The van der Waals surface area contributed by atoms with Gasteiger partial charge in [-0.05, 0) is 24.7 Å². The largest absolute Gasteiger partial charge is 0.385 e. The molecule has 1 heterocycles. The van der Waals surface area contributed by atoms with Crippen molar-refractivity contribution in [3.05, 3.63) is 18.2 Å². The Morgan fingerprint density at radius 3 is 2.85 bits per heavy atom. The third-order valence-corrected chi connectivity index (χ3v) is 3.98. The molecule has 0 bridgehead atoms. The SMILES string of the molecule is CN=C(NCc1nccn1C)NCC1(CCOC)CC1. The maximum Gasteiger partial charge on any atom is 0.191 e. The van der Waals surface area contributed by atoms with E-state index in [2.05, 4.69) is 20.6 Å². The van der Waals surface area contributed by atoms with E-state index >= 15 is 0 Å². The van der Waals surface area contributed by atoms with Gasteiger partial charge in [0.15, 0.2) is 5.96 Å². The molecule has 20 heavy (non-hydrogen) atoms. The normalized spacial score (nSPS) is 17.1. The summed E-state index contributed by atoms with van der Waals surface area (Å²) >= 11 is 0. The zero-order valence-corrected chi connectivity index (χ0v) is 12.6. The quantitative estimate of drug-likeness (QED) is 0.575. The molecule has 1 saturated carbocycles. The average Bonchev–Trinajstić information content (AvgIpc) is 3.12. The van der Waals surface area contributed by atoms with Gasteiger partial charge in [0.25, 0.3) is 0 Å². The van der Waals surface area contributed by atoms with Gasteiger partial charge in [-0.2, -0.15) is 0 Å². The molecule has 1 aromatic heterocycles. The summed E-state index contributed by atoms with van der Waals surface area (Å²) in [6.45, 7) is 2.46. The van der Waals surface area contributed by atoms with Crippen LogP contribution < -0.4 is 10.6 Å². The van der Waals surface area contributed by atoms with E-state index in [0.717, 1.165) is 31.4 Å². The van der Waals surface area contributed by atoms with Crippen molar-refractivity contribution in [1.82, 2.24) is 20.2 Å². The average molecular weight is 279 g/mol. The Hall–Kier alpha value is -1.56. The van der Waals surface area contributed by atoms with Gasteiger partial charge in [-0.25, -0.2) is 4.98 Å². The highest BCUT2D eigenvalue weighted by Crippen LogP contribution is 2.48. The van der Waals surface area contributed by atoms with Gasteiger partial charge in [-0.1, -0.05) is 0 Å². The molecule has 1 fully saturated rings. The molecule has 0 saturated heterocycles. The van der Waals surface area contributed by atoms with Crippen LogP contribution in [0.15, 0.2) is 17.4 Å². The molecule has 0 unspecified atom stereocenters. The molecule has 1 aliphatic rings. The highest BCUT2D eigenvalue weighted by molar-refractivity contribution is 5.79. The van der Waals surface area contributed by atoms with Crippen molar-refractivity contribution in [3.8, 4) is 0 Å². The first-order valence-electron chi connectivity index (χ1n) is 7.09. The Labute approximate surface area is 120 Å². The van der Waals surface area contributed by atoms with E-state index in [-0.39, 0.29) is 0 Å². The summed E-state index contributed by atoms with van der Waals surface area (Å²) in [5.74, 6) is 1.82. The van der Waals surface area contributed by atoms with Crippen LogP contribution in [0.4, 0.5) is 0 Å². The zero-order valence-electron chi connectivity index (χ0n) is 12.6. The summed E-state index contributed by atoms with van der Waals surface area (Å²) in [6, 6.07) is 0. The van der Waals surface area contributed by atoms with Crippen LogP contribution in [0.25, 0.3) is 0 Å². The Morgan fingerprint density at radius 1 is 1.50 bits per heavy atom. The maximum absolute atomic E-state index is 5.18. The number of hydrogen-bond acceptors (Lipinski definition) is 3. The number of aryl methyl sites for hydroxylation is 1. The third-order valence-electron chi connectivity index (χ3n) is 3.98. The number of methoxy groups -OCH3 is 1. The predicted molar refractivity (Wildman–Crippen MR) is 79.6 cm³/mol. The monoisotopic (exact) mass is 279 g/mol. The number of rotatable bonds is 7. The van der Waals surface area contributed by atoms with Gasteiger partial charge < -0.3 is 19.9 Å². The fourth-order valence-corrected chi connectivity index (χ4v) is 2.23. The zero-order chi connectivity index (χ0) is 14.4. The van der Waals surface area contributed by atoms with Crippen molar-refractivity contribution >= 4 is 5.96 Å². The van der Waals surface area contributed by atoms with Crippen LogP contribution in [0.5, 0.6) is 0 Å². The van der Waals surface area contributed by atoms with Crippen molar-refractivity contribution in [2.45, 2.75) is 25.8 Å². The van der Waals surface area contributed by atoms with Gasteiger partial charge in [0.2, 0.25) is 0 Å². The lowest BCUT2D eigenvalue weighted by Gasteiger charge is -2.18. The minimum Gasteiger partial charge on any atom is -0.385 e. The van der Waals surface area contributed by atoms with Crippen LogP contribution in [0.2, 0.25) is 0 Å². The third kappa shape index (κ3) is 3.96. The van der Waals surface area contributed by atoms with Gasteiger partial charge in [0, 0.05) is 46.8 Å². The first kappa shape index (κ1) is 14.8. The van der Waals surface area contributed by atoms with E-state index in [1.807, 2.05) is 17.8 Å². The first-order valence-corrected chi connectivity index (χ1v) is 7.09. The van der Waals surface area contributed by atoms with E-state index in [9.17, 15) is 0 Å². The minimum atomic E-state index is 0.414. The fraction of sp³-hybridized carbons (Fsp3) is 0.714. The highest BCUT2D eigenvalue weighted by atomic mass is 16.5. The second-order valence-corrected chi connectivity index (χ2v) is 5.48. The van der Waals surface area contributed by atoms with Crippen LogP contribution in [-0.2, 0) is 18.3 Å². The Balaban J connectivity index is 1.74. The molecule has 0 aromatic carbocycles. The standard InChI is InChI=1S/C14H25N5O/c1-15-13(17-10-12-16-7-8-19(12)2)18-11-14(4-5-14)6-9-20-3/h7-8H,4-6,9-11H2,1-3H3,(H2,15,17,18). The van der Waals surface area contributed by atoms with Crippen LogP contribution in [0, 0.1) is 5.41 Å². The van der Waals surface area contributed by atoms with Crippen molar-refractivity contribution in [1.29, 1.82) is 0 Å². The van der Waals surface area contributed by atoms with E-state index in [1.165, 1.54) is 12.8 Å². The van der Waals surface area contributed by atoms with Crippen LogP contribution in [0.3, 0.4) is 0 Å². The second kappa shape index (κ2) is 6.74. The van der Waals surface area contributed by atoms with Crippen molar-refractivity contribution in [2.24, 2.45) is 17.5 Å². The maximum atomic E-state index is 5.18. The highest BCUT2D eigenvalue weighted by Gasteiger charge is 2.41. The van der Waals surface area contributed by atoms with Crippen LogP contribution in [-0.4, -0.2) is 42.8 Å². The Kier molecular flexibility index (Phi) is 5.00. The molecule has 0 spiro atoms. The van der Waals surface area contributed by atoms with E-state index in [4.69, 9.17) is 4.74 Å². The summed E-state index contributed by atoms with van der Waals surface area (Å²) in [7, 11) is 5.55. The van der Waals surface area contributed by atoms with E-state index < -0.39 is 0 Å². The summed E-state index contributed by atoms with van der Waals surface area (Å²) in [6.07, 6.45) is 7.42. The Bertz CT molecular complexity index is 450. The van der Waals surface area contributed by atoms with E-state index in [0.29, 0.717) is 12.0 Å². The first-order chi connectivity index (χ1) is 9.69. The number of ether oxygens (including phenoxy) is 1. The molecule has 0 aliphatic heterocycles. The molecule has 6 nitrogen and oxygen atoms in total. The Morgan fingerprint density at radius 2 is 2.30 bits per heavy atom. The molecule has 2 N–H and O–H groups in total. The van der Waals surface area contributed by atoms with Gasteiger partial charge in [0.05, 0.1) is 6.54 Å². The van der Waals surface area contributed by atoms with E-state index in [1.54, 1.807) is 20.4 Å². The molecule has 6 heteroatoms. The predicted octanol–water partition coefficient (Wildman–Crippen LogP) is 0.902. The lowest BCUT2D eigenvalue weighted by atomic mass is 10.0. The lowest BCUT2D eigenvalue weighted by Crippen LogP contribution is -2.40. The molecular weight excluding hydrogens is 254 g/mol. The lowest BCUT2D eigenvalue weighted by molar-refractivity contribution is 0.172.